The van der Waals surface area contributed by atoms with Crippen molar-refractivity contribution in [2.45, 2.75) is 13.1 Å². The average Bonchev–Trinajstić information content (AvgIpc) is 2.65. The molecule has 0 spiro atoms. The van der Waals surface area contributed by atoms with Gasteiger partial charge in [-0.05, 0) is 11.1 Å². The van der Waals surface area contributed by atoms with Crippen molar-refractivity contribution in [3.8, 4) is 0 Å². The molecule has 0 aliphatic rings. The maximum atomic E-state index is 12.2. The number of benzene rings is 2. The minimum atomic E-state index is -0.639. The second-order valence-corrected chi connectivity index (χ2v) is 5.03. The second-order valence-electron chi connectivity index (χ2n) is 5.03. The Morgan fingerprint density at radius 2 is 1.04 bits per heavy atom. The lowest BCUT2D eigenvalue weighted by atomic mass is 10.2. The number of hydrazine groups is 1. The van der Waals surface area contributed by atoms with Crippen LogP contribution in [0.15, 0.2) is 60.7 Å². The van der Waals surface area contributed by atoms with E-state index in [4.69, 9.17) is 9.47 Å². The van der Waals surface area contributed by atoms with E-state index in [1.807, 2.05) is 60.7 Å². The van der Waals surface area contributed by atoms with Gasteiger partial charge in [0, 0.05) is 0 Å². The van der Waals surface area contributed by atoms with Gasteiger partial charge in [-0.15, -0.1) is 0 Å². The number of rotatable bonds is 4. The lowest BCUT2D eigenvalue weighted by molar-refractivity contribution is -0.0213. The summed E-state index contributed by atoms with van der Waals surface area (Å²) < 4.78 is 9.67. The zero-order valence-corrected chi connectivity index (χ0v) is 13.7. The number of carbonyl (C=O) groups excluding carboxylic acids is 2. The molecule has 0 heterocycles. The van der Waals surface area contributed by atoms with Gasteiger partial charge in [-0.1, -0.05) is 60.7 Å². The molecule has 0 saturated carbocycles. The van der Waals surface area contributed by atoms with Crippen molar-refractivity contribution >= 4 is 12.2 Å². The minimum absolute atomic E-state index is 0.190. The average molecular weight is 328 g/mol. The Hall–Kier alpha value is -3.02. The van der Waals surface area contributed by atoms with Gasteiger partial charge in [0.05, 0.1) is 27.3 Å². The summed E-state index contributed by atoms with van der Waals surface area (Å²) in [6.45, 7) is 0.380. The van der Waals surface area contributed by atoms with Crippen molar-refractivity contribution in [1.82, 2.24) is 10.0 Å². The summed E-state index contributed by atoms with van der Waals surface area (Å²) in [5.74, 6) is 0. The predicted octanol–water partition coefficient (Wildman–Crippen LogP) is 3.44. The fraction of sp³-hybridized carbons (Fsp3) is 0.222. The molecule has 0 aliphatic carbocycles. The smallest absolute Gasteiger partial charge is 0.429 e. The quantitative estimate of drug-likeness (QED) is 0.807. The van der Waals surface area contributed by atoms with Crippen LogP contribution in [0.2, 0.25) is 0 Å². The van der Waals surface area contributed by atoms with E-state index in [1.54, 1.807) is 0 Å². The predicted molar refractivity (Wildman–Crippen MR) is 88.8 cm³/mol. The lowest BCUT2D eigenvalue weighted by Crippen LogP contribution is -2.48. The first-order valence-electron chi connectivity index (χ1n) is 7.44. The maximum absolute atomic E-state index is 12.2. The molecule has 126 valence electrons. The lowest BCUT2D eigenvalue weighted by Gasteiger charge is -2.32. The van der Waals surface area contributed by atoms with E-state index in [-0.39, 0.29) is 13.1 Å². The van der Waals surface area contributed by atoms with Crippen LogP contribution in [0.1, 0.15) is 11.1 Å². The summed E-state index contributed by atoms with van der Waals surface area (Å²) in [5, 5.41) is 2.46. The van der Waals surface area contributed by atoms with E-state index in [0.29, 0.717) is 0 Å². The van der Waals surface area contributed by atoms with Gasteiger partial charge in [-0.25, -0.2) is 19.6 Å². The molecule has 0 atom stereocenters. The normalized spacial score (nSPS) is 9.92. The van der Waals surface area contributed by atoms with Crippen molar-refractivity contribution in [3.63, 3.8) is 0 Å². The number of carbonyl (C=O) groups is 2. The summed E-state index contributed by atoms with van der Waals surface area (Å²) in [6, 6.07) is 18.7. The van der Waals surface area contributed by atoms with Gasteiger partial charge in [0.1, 0.15) is 0 Å². The molecule has 2 aromatic carbocycles. The molecule has 0 N–H and O–H groups in total. The van der Waals surface area contributed by atoms with Gasteiger partial charge < -0.3 is 9.47 Å². The number of hydrogen-bond donors (Lipinski definition) is 0. The Morgan fingerprint density at radius 1 is 0.708 bits per heavy atom. The molecule has 0 aliphatic heterocycles. The van der Waals surface area contributed by atoms with E-state index in [1.165, 1.54) is 24.2 Å². The summed E-state index contributed by atoms with van der Waals surface area (Å²) in [4.78, 5) is 24.4. The largest absolute Gasteiger partial charge is 0.452 e. The van der Waals surface area contributed by atoms with Crippen molar-refractivity contribution in [2.75, 3.05) is 14.2 Å². The molecule has 0 fully saturated rings. The van der Waals surface area contributed by atoms with Crippen molar-refractivity contribution < 1.29 is 19.1 Å². The maximum Gasteiger partial charge on any atom is 0.429 e. The van der Waals surface area contributed by atoms with Gasteiger partial charge in [0.15, 0.2) is 0 Å². The molecule has 2 amide bonds. The van der Waals surface area contributed by atoms with E-state index in [2.05, 4.69) is 0 Å². The fourth-order valence-electron chi connectivity index (χ4n) is 2.22. The molecular weight excluding hydrogens is 308 g/mol. The van der Waals surface area contributed by atoms with Crippen LogP contribution in [0.4, 0.5) is 9.59 Å². The summed E-state index contributed by atoms with van der Waals surface area (Å²) in [7, 11) is 2.55. The monoisotopic (exact) mass is 328 g/mol. The first-order valence-corrected chi connectivity index (χ1v) is 7.44. The van der Waals surface area contributed by atoms with E-state index < -0.39 is 12.2 Å². The van der Waals surface area contributed by atoms with E-state index in [9.17, 15) is 9.59 Å². The first kappa shape index (κ1) is 17.3. The molecule has 0 bridgehead atoms. The molecular formula is C18H20N2O4. The molecule has 0 aromatic heterocycles. The molecule has 2 rings (SSSR count). The molecule has 0 radical (unpaired) electrons. The van der Waals surface area contributed by atoms with Crippen LogP contribution in [-0.4, -0.2) is 36.4 Å². The summed E-state index contributed by atoms with van der Waals surface area (Å²) in [5.41, 5.74) is 1.73. The van der Waals surface area contributed by atoms with E-state index in [0.717, 1.165) is 11.1 Å². The van der Waals surface area contributed by atoms with Crippen LogP contribution >= 0.6 is 0 Å². The van der Waals surface area contributed by atoms with Gasteiger partial charge in [0.2, 0.25) is 0 Å². The Kier molecular flexibility index (Phi) is 6.19. The second kappa shape index (κ2) is 8.57. The van der Waals surface area contributed by atoms with Crippen LogP contribution in [0.3, 0.4) is 0 Å². The topological polar surface area (TPSA) is 59.1 Å². The number of ether oxygens (including phenoxy) is 2. The summed E-state index contributed by atoms with van der Waals surface area (Å²) in [6.07, 6.45) is -1.28. The van der Waals surface area contributed by atoms with Gasteiger partial charge in [-0.3, -0.25) is 0 Å². The van der Waals surface area contributed by atoms with Gasteiger partial charge in [-0.2, -0.15) is 0 Å². The molecule has 24 heavy (non-hydrogen) atoms. The Labute approximate surface area is 141 Å². The molecule has 6 heteroatoms. The van der Waals surface area contributed by atoms with Gasteiger partial charge in [0.25, 0.3) is 0 Å². The van der Waals surface area contributed by atoms with Crippen molar-refractivity contribution in [3.05, 3.63) is 71.8 Å². The van der Waals surface area contributed by atoms with Crippen LogP contribution in [0.5, 0.6) is 0 Å². The number of nitrogens with zero attached hydrogens (tertiary/aromatic N) is 2. The highest BCUT2D eigenvalue weighted by atomic mass is 16.6. The number of amides is 2. The molecule has 0 unspecified atom stereocenters. The third-order valence-corrected chi connectivity index (χ3v) is 3.41. The fourth-order valence-corrected chi connectivity index (χ4v) is 2.22. The zero-order chi connectivity index (χ0) is 17.4. The highest BCUT2D eigenvalue weighted by Gasteiger charge is 2.28. The van der Waals surface area contributed by atoms with Crippen LogP contribution in [0.25, 0.3) is 0 Å². The third-order valence-electron chi connectivity index (χ3n) is 3.41. The van der Waals surface area contributed by atoms with Crippen molar-refractivity contribution in [1.29, 1.82) is 0 Å². The summed E-state index contributed by atoms with van der Waals surface area (Å²) >= 11 is 0. The third kappa shape index (κ3) is 4.49. The molecule has 6 nitrogen and oxygen atoms in total. The van der Waals surface area contributed by atoms with Crippen LogP contribution in [-0.2, 0) is 22.6 Å². The zero-order valence-electron chi connectivity index (χ0n) is 13.7. The SMILES string of the molecule is COC(=O)N(Cc1ccccc1)N(Cc1ccccc1)C(=O)OC. The van der Waals surface area contributed by atoms with Crippen LogP contribution < -0.4 is 0 Å². The minimum Gasteiger partial charge on any atom is -0.452 e. The Morgan fingerprint density at radius 3 is 1.33 bits per heavy atom. The highest BCUT2D eigenvalue weighted by Crippen LogP contribution is 2.14. The molecule has 2 aromatic rings. The highest BCUT2D eigenvalue weighted by molar-refractivity contribution is 5.74. The van der Waals surface area contributed by atoms with Crippen LogP contribution in [0, 0.1) is 0 Å². The molecule has 0 saturated heterocycles. The van der Waals surface area contributed by atoms with E-state index >= 15 is 0 Å². The Bertz CT molecular complexity index is 602. The Balaban J connectivity index is 2.29. The first-order chi connectivity index (χ1) is 11.7. The number of hydrogen-bond acceptors (Lipinski definition) is 4. The standard InChI is InChI=1S/C18H20N2O4/c1-23-17(21)19(13-15-9-5-3-6-10-15)20(18(22)24-2)14-16-11-7-4-8-12-16/h3-12H,13-14H2,1-2H3. The van der Waals surface area contributed by atoms with Gasteiger partial charge >= 0.3 is 12.2 Å². The number of methoxy groups -OCH3 is 2. The van der Waals surface area contributed by atoms with Crippen molar-refractivity contribution in [2.24, 2.45) is 0 Å².